The van der Waals surface area contributed by atoms with Gasteiger partial charge in [0.15, 0.2) is 0 Å². The third-order valence-electron chi connectivity index (χ3n) is 2.31. The summed E-state index contributed by atoms with van der Waals surface area (Å²) in [6.45, 7) is 3.22. The van der Waals surface area contributed by atoms with E-state index >= 15 is 0 Å². The molecule has 3 N–H and O–H groups in total. The van der Waals surface area contributed by atoms with Gasteiger partial charge >= 0.3 is 11.8 Å². The number of hydrogen-bond donors (Lipinski definition) is 3. The van der Waals surface area contributed by atoms with E-state index < -0.39 is 17.9 Å². The maximum atomic E-state index is 11.6. The van der Waals surface area contributed by atoms with E-state index in [1.54, 1.807) is 13.0 Å². The van der Waals surface area contributed by atoms with Crippen molar-refractivity contribution >= 4 is 33.4 Å². The van der Waals surface area contributed by atoms with Gasteiger partial charge in [-0.15, -0.1) is 0 Å². The fourth-order valence-corrected chi connectivity index (χ4v) is 1.60. The zero-order valence-electron chi connectivity index (χ0n) is 10.2. The molecule has 0 aromatic heterocycles. The Morgan fingerprint density at radius 2 is 2.06 bits per heavy atom. The Morgan fingerprint density at radius 1 is 1.39 bits per heavy atom. The smallest absolute Gasteiger partial charge is 0.313 e. The van der Waals surface area contributed by atoms with Crippen LogP contribution in [0.2, 0.25) is 0 Å². The number of aryl methyl sites for hydroxylation is 1. The molecule has 6 heteroatoms. The molecule has 98 valence electrons. The van der Waals surface area contributed by atoms with Crippen LogP contribution in [0.5, 0.6) is 0 Å². The van der Waals surface area contributed by atoms with Crippen molar-refractivity contribution in [2.45, 2.75) is 19.9 Å². The Kier molecular flexibility index (Phi) is 5.30. The van der Waals surface area contributed by atoms with Crippen molar-refractivity contribution in [2.24, 2.45) is 0 Å². The second-order valence-electron chi connectivity index (χ2n) is 3.97. The lowest BCUT2D eigenvalue weighted by Gasteiger charge is -2.12. The van der Waals surface area contributed by atoms with E-state index in [0.29, 0.717) is 5.69 Å². The average molecular weight is 315 g/mol. The molecule has 0 saturated heterocycles. The molecule has 0 aliphatic heterocycles. The highest BCUT2D eigenvalue weighted by molar-refractivity contribution is 9.10. The molecule has 0 aliphatic carbocycles. The van der Waals surface area contributed by atoms with Crippen molar-refractivity contribution in [3.8, 4) is 0 Å². The van der Waals surface area contributed by atoms with Crippen LogP contribution in [0.3, 0.4) is 0 Å². The van der Waals surface area contributed by atoms with Gasteiger partial charge in [0.25, 0.3) is 0 Å². The summed E-state index contributed by atoms with van der Waals surface area (Å²) in [6, 6.07) is 4.94. The second kappa shape index (κ2) is 6.51. The number of nitrogens with one attached hydrogen (secondary N) is 2. The molecule has 1 atom stereocenters. The minimum absolute atomic E-state index is 0.213. The normalized spacial score (nSPS) is 11.8. The SMILES string of the molecule is Cc1ccc(Br)cc1NC(=O)C(=O)NC(C)CO. The van der Waals surface area contributed by atoms with Gasteiger partial charge < -0.3 is 15.7 Å². The molecule has 1 aromatic carbocycles. The molecule has 1 unspecified atom stereocenters. The highest BCUT2D eigenvalue weighted by Crippen LogP contribution is 2.20. The van der Waals surface area contributed by atoms with Crippen LogP contribution in [0.1, 0.15) is 12.5 Å². The molecule has 18 heavy (non-hydrogen) atoms. The standard InChI is InChI=1S/C12H15BrN2O3/c1-7-3-4-9(13)5-10(7)15-12(18)11(17)14-8(2)6-16/h3-5,8,16H,6H2,1-2H3,(H,14,17)(H,15,18). The minimum Gasteiger partial charge on any atom is -0.394 e. The van der Waals surface area contributed by atoms with E-state index in [2.05, 4.69) is 26.6 Å². The van der Waals surface area contributed by atoms with Crippen molar-refractivity contribution in [1.29, 1.82) is 0 Å². The quantitative estimate of drug-likeness (QED) is 0.733. The number of hydrogen-bond acceptors (Lipinski definition) is 3. The molecule has 0 radical (unpaired) electrons. The van der Waals surface area contributed by atoms with Gasteiger partial charge in [-0.3, -0.25) is 9.59 Å². The monoisotopic (exact) mass is 314 g/mol. The Labute approximate surface area is 114 Å². The van der Waals surface area contributed by atoms with E-state index in [-0.39, 0.29) is 6.61 Å². The van der Waals surface area contributed by atoms with Gasteiger partial charge in [0.05, 0.1) is 6.61 Å². The number of aliphatic hydroxyl groups is 1. The van der Waals surface area contributed by atoms with Crippen LogP contribution in [0.15, 0.2) is 22.7 Å². The number of aliphatic hydroxyl groups excluding tert-OH is 1. The molecule has 0 aliphatic rings. The molecule has 0 bridgehead atoms. The molecule has 0 heterocycles. The van der Waals surface area contributed by atoms with Gasteiger partial charge in [-0.1, -0.05) is 22.0 Å². The highest BCUT2D eigenvalue weighted by atomic mass is 79.9. The Bertz CT molecular complexity index is 463. The number of halogens is 1. The van der Waals surface area contributed by atoms with Crippen molar-refractivity contribution < 1.29 is 14.7 Å². The lowest BCUT2D eigenvalue weighted by atomic mass is 10.2. The zero-order chi connectivity index (χ0) is 13.7. The lowest BCUT2D eigenvalue weighted by Crippen LogP contribution is -2.42. The number of carbonyl (C=O) groups is 2. The number of amides is 2. The van der Waals surface area contributed by atoms with Crippen LogP contribution >= 0.6 is 15.9 Å². The Balaban J connectivity index is 2.69. The van der Waals surface area contributed by atoms with Crippen molar-refractivity contribution in [3.05, 3.63) is 28.2 Å². The first-order valence-electron chi connectivity index (χ1n) is 5.43. The van der Waals surface area contributed by atoms with Gasteiger partial charge in [0, 0.05) is 16.2 Å². The minimum atomic E-state index is -0.768. The Hall–Kier alpha value is -1.40. The summed E-state index contributed by atoms with van der Waals surface area (Å²) in [5.41, 5.74) is 1.43. The first-order chi connectivity index (χ1) is 8.43. The molecule has 0 saturated carbocycles. The van der Waals surface area contributed by atoms with Gasteiger partial charge in [0.2, 0.25) is 0 Å². The van der Waals surface area contributed by atoms with Gasteiger partial charge in [0.1, 0.15) is 0 Å². The van der Waals surface area contributed by atoms with Gasteiger partial charge in [-0.25, -0.2) is 0 Å². The summed E-state index contributed by atoms with van der Waals surface area (Å²) in [5.74, 6) is -1.52. The molecule has 0 spiro atoms. The third-order valence-corrected chi connectivity index (χ3v) is 2.80. The molecular weight excluding hydrogens is 300 g/mol. The summed E-state index contributed by atoms with van der Waals surface area (Å²) >= 11 is 3.29. The number of carbonyl (C=O) groups excluding carboxylic acids is 2. The predicted octanol–water partition coefficient (Wildman–Crippen LogP) is 1.19. The molecule has 1 aromatic rings. The molecular formula is C12H15BrN2O3. The van der Waals surface area contributed by atoms with Crippen LogP contribution in [0.4, 0.5) is 5.69 Å². The van der Waals surface area contributed by atoms with Crippen LogP contribution in [-0.2, 0) is 9.59 Å². The number of anilines is 1. The summed E-state index contributed by atoms with van der Waals surface area (Å²) in [4.78, 5) is 23.1. The summed E-state index contributed by atoms with van der Waals surface area (Å²) in [6.07, 6.45) is 0. The molecule has 2 amide bonds. The maximum Gasteiger partial charge on any atom is 0.313 e. The van der Waals surface area contributed by atoms with Crippen molar-refractivity contribution in [3.63, 3.8) is 0 Å². The zero-order valence-corrected chi connectivity index (χ0v) is 11.7. The average Bonchev–Trinajstić information content (AvgIpc) is 2.33. The second-order valence-corrected chi connectivity index (χ2v) is 4.89. The summed E-state index contributed by atoms with van der Waals surface area (Å²) < 4.78 is 0.813. The van der Waals surface area contributed by atoms with E-state index in [1.807, 2.05) is 19.1 Å². The molecule has 5 nitrogen and oxygen atoms in total. The highest BCUT2D eigenvalue weighted by Gasteiger charge is 2.16. The Morgan fingerprint density at radius 3 is 2.67 bits per heavy atom. The first kappa shape index (κ1) is 14.7. The van der Waals surface area contributed by atoms with Crippen LogP contribution in [0.25, 0.3) is 0 Å². The van der Waals surface area contributed by atoms with Crippen molar-refractivity contribution in [1.82, 2.24) is 5.32 Å². The van der Waals surface area contributed by atoms with E-state index in [1.165, 1.54) is 0 Å². The third kappa shape index (κ3) is 4.12. The first-order valence-corrected chi connectivity index (χ1v) is 6.22. The number of rotatable bonds is 3. The lowest BCUT2D eigenvalue weighted by molar-refractivity contribution is -0.136. The number of benzene rings is 1. The van der Waals surface area contributed by atoms with Gasteiger partial charge in [-0.05, 0) is 31.5 Å². The molecule has 1 rings (SSSR count). The van der Waals surface area contributed by atoms with E-state index in [9.17, 15) is 9.59 Å². The topological polar surface area (TPSA) is 78.4 Å². The maximum absolute atomic E-state index is 11.6. The van der Waals surface area contributed by atoms with Crippen LogP contribution in [-0.4, -0.2) is 29.6 Å². The fraction of sp³-hybridized carbons (Fsp3) is 0.333. The largest absolute Gasteiger partial charge is 0.394 e. The fourth-order valence-electron chi connectivity index (χ4n) is 1.24. The van der Waals surface area contributed by atoms with E-state index in [0.717, 1.165) is 10.0 Å². The van der Waals surface area contributed by atoms with Crippen LogP contribution < -0.4 is 10.6 Å². The summed E-state index contributed by atoms with van der Waals surface area (Å²) in [5, 5.41) is 13.7. The van der Waals surface area contributed by atoms with Crippen LogP contribution in [0, 0.1) is 6.92 Å². The molecule has 0 fully saturated rings. The van der Waals surface area contributed by atoms with Gasteiger partial charge in [-0.2, -0.15) is 0 Å². The van der Waals surface area contributed by atoms with E-state index in [4.69, 9.17) is 5.11 Å². The predicted molar refractivity (Wildman–Crippen MR) is 72.2 cm³/mol. The summed E-state index contributed by atoms with van der Waals surface area (Å²) in [7, 11) is 0. The van der Waals surface area contributed by atoms with Crippen molar-refractivity contribution in [2.75, 3.05) is 11.9 Å².